The van der Waals surface area contributed by atoms with Crippen molar-refractivity contribution < 1.29 is 4.79 Å². The standard InChI is InChI=1S/C16H14ClN3O/c17-15-12-6-1-2-7-13(12)20-14(15)9-19-11-5-3-4-10(8-11)16(18)21/h1-8,19-20H,9H2,(H2,18,21). The minimum atomic E-state index is -0.442. The first-order valence-electron chi connectivity index (χ1n) is 6.54. The van der Waals surface area contributed by atoms with Crippen molar-refractivity contribution in [2.45, 2.75) is 6.54 Å². The Bertz CT molecular complexity index is 810. The maximum absolute atomic E-state index is 11.2. The number of hydrogen-bond acceptors (Lipinski definition) is 2. The second kappa shape index (κ2) is 5.50. The quantitative estimate of drug-likeness (QED) is 0.689. The number of benzene rings is 2. The van der Waals surface area contributed by atoms with Crippen LogP contribution in [0, 0.1) is 0 Å². The summed E-state index contributed by atoms with van der Waals surface area (Å²) in [4.78, 5) is 14.5. The number of nitrogens with one attached hydrogen (secondary N) is 2. The fraction of sp³-hybridized carbons (Fsp3) is 0.0625. The van der Waals surface area contributed by atoms with Gasteiger partial charge in [-0.05, 0) is 24.3 Å². The van der Waals surface area contributed by atoms with E-state index in [0.717, 1.165) is 22.3 Å². The van der Waals surface area contributed by atoms with Crippen molar-refractivity contribution in [3.05, 3.63) is 64.8 Å². The highest BCUT2D eigenvalue weighted by molar-refractivity contribution is 6.36. The van der Waals surface area contributed by atoms with Crippen molar-refractivity contribution >= 4 is 34.1 Å². The molecule has 2 aromatic carbocycles. The van der Waals surface area contributed by atoms with Gasteiger partial charge in [-0.15, -0.1) is 0 Å². The lowest BCUT2D eigenvalue weighted by molar-refractivity contribution is 0.100. The third-order valence-electron chi connectivity index (χ3n) is 3.33. The van der Waals surface area contributed by atoms with Crippen molar-refractivity contribution in [2.24, 2.45) is 5.73 Å². The molecular formula is C16H14ClN3O. The Kier molecular flexibility index (Phi) is 3.54. The number of rotatable bonds is 4. The van der Waals surface area contributed by atoms with Crippen molar-refractivity contribution in [3.8, 4) is 0 Å². The number of fused-ring (bicyclic) bond motifs is 1. The van der Waals surface area contributed by atoms with E-state index in [2.05, 4.69) is 10.3 Å². The molecule has 3 rings (SSSR count). The number of carbonyl (C=O) groups is 1. The molecule has 0 aliphatic carbocycles. The number of carbonyl (C=O) groups excluding carboxylic acids is 1. The zero-order valence-electron chi connectivity index (χ0n) is 11.2. The molecule has 0 bridgehead atoms. The molecule has 1 aromatic heterocycles. The van der Waals surface area contributed by atoms with E-state index in [0.29, 0.717) is 17.1 Å². The second-order valence-corrected chi connectivity index (χ2v) is 5.14. The number of anilines is 1. The SMILES string of the molecule is NC(=O)c1cccc(NCc2[nH]c3ccccc3c2Cl)c1. The number of halogens is 1. The highest BCUT2D eigenvalue weighted by Gasteiger charge is 2.08. The van der Waals surface area contributed by atoms with Crippen molar-refractivity contribution in [3.63, 3.8) is 0 Å². The van der Waals surface area contributed by atoms with Gasteiger partial charge < -0.3 is 16.0 Å². The molecule has 4 N–H and O–H groups in total. The summed E-state index contributed by atoms with van der Waals surface area (Å²) in [6.07, 6.45) is 0. The van der Waals surface area contributed by atoms with Crippen molar-refractivity contribution in [1.82, 2.24) is 4.98 Å². The van der Waals surface area contributed by atoms with E-state index in [4.69, 9.17) is 17.3 Å². The van der Waals surface area contributed by atoms with Crippen molar-refractivity contribution in [2.75, 3.05) is 5.32 Å². The van der Waals surface area contributed by atoms with Crippen LogP contribution in [0.25, 0.3) is 10.9 Å². The molecule has 0 unspecified atom stereocenters. The molecule has 3 aromatic rings. The van der Waals surface area contributed by atoms with Crippen LogP contribution in [0.3, 0.4) is 0 Å². The molecule has 4 nitrogen and oxygen atoms in total. The number of primary amides is 1. The topological polar surface area (TPSA) is 70.9 Å². The maximum Gasteiger partial charge on any atom is 0.248 e. The Labute approximate surface area is 126 Å². The Balaban J connectivity index is 1.82. The second-order valence-electron chi connectivity index (χ2n) is 4.76. The monoisotopic (exact) mass is 299 g/mol. The predicted octanol–water partition coefficient (Wildman–Crippen LogP) is 3.53. The Hall–Kier alpha value is -2.46. The highest BCUT2D eigenvalue weighted by atomic mass is 35.5. The third kappa shape index (κ3) is 2.71. The minimum Gasteiger partial charge on any atom is -0.379 e. The lowest BCUT2D eigenvalue weighted by Crippen LogP contribution is -2.11. The lowest BCUT2D eigenvalue weighted by Gasteiger charge is -2.06. The first-order valence-corrected chi connectivity index (χ1v) is 6.92. The summed E-state index contributed by atoms with van der Waals surface area (Å²) >= 11 is 6.36. The third-order valence-corrected chi connectivity index (χ3v) is 3.76. The summed E-state index contributed by atoms with van der Waals surface area (Å²) in [7, 11) is 0. The van der Waals surface area contributed by atoms with Gasteiger partial charge in [-0.3, -0.25) is 4.79 Å². The zero-order valence-corrected chi connectivity index (χ0v) is 11.9. The summed E-state index contributed by atoms with van der Waals surface area (Å²) < 4.78 is 0. The van der Waals surface area contributed by atoms with Crippen LogP contribution in [0.1, 0.15) is 16.1 Å². The summed E-state index contributed by atoms with van der Waals surface area (Å²) in [6.45, 7) is 0.537. The van der Waals surface area contributed by atoms with Crippen LogP contribution in [-0.4, -0.2) is 10.9 Å². The summed E-state index contributed by atoms with van der Waals surface area (Å²) in [5, 5.41) is 4.95. The molecule has 1 amide bonds. The van der Waals surface area contributed by atoms with Crippen LogP contribution in [0.15, 0.2) is 48.5 Å². The van der Waals surface area contributed by atoms with Crippen LogP contribution >= 0.6 is 11.6 Å². The normalized spacial score (nSPS) is 10.7. The zero-order chi connectivity index (χ0) is 14.8. The number of aromatic amines is 1. The highest BCUT2D eigenvalue weighted by Crippen LogP contribution is 2.27. The van der Waals surface area contributed by atoms with Gasteiger partial charge in [0.2, 0.25) is 5.91 Å². The smallest absolute Gasteiger partial charge is 0.248 e. The maximum atomic E-state index is 11.2. The van der Waals surface area contributed by atoms with Gasteiger partial charge in [0, 0.05) is 22.2 Å². The van der Waals surface area contributed by atoms with E-state index in [1.54, 1.807) is 18.2 Å². The summed E-state index contributed by atoms with van der Waals surface area (Å²) in [6, 6.07) is 14.9. The summed E-state index contributed by atoms with van der Waals surface area (Å²) in [5.41, 5.74) is 8.48. The first-order chi connectivity index (χ1) is 10.1. The molecule has 0 fully saturated rings. The minimum absolute atomic E-state index is 0.442. The molecule has 0 aliphatic rings. The Morgan fingerprint density at radius 3 is 2.76 bits per heavy atom. The van der Waals surface area contributed by atoms with E-state index in [9.17, 15) is 4.79 Å². The van der Waals surface area contributed by atoms with Gasteiger partial charge in [0.25, 0.3) is 0 Å². The van der Waals surface area contributed by atoms with Crippen LogP contribution in [0.4, 0.5) is 5.69 Å². The van der Waals surface area contributed by atoms with E-state index in [1.165, 1.54) is 0 Å². The average Bonchev–Trinajstić information content (AvgIpc) is 2.82. The number of nitrogens with two attached hydrogens (primary N) is 1. The van der Waals surface area contributed by atoms with Gasteiger partial charge in [0.05, 0.1) is 17.3 Å². The molecule has 1 heterocycles. The fourth-order valence-electron chi connectivity index (χ4n) is 2.26. The van der Waals surface area contributed by atoms with Gasteiger partial charge in [-0.1, -0.05) is 35.9 Å². The van der Waals surface area contributed by atoms with E-state index < -0.39 is 5.91 Å². The molecule has 0 saturated carbocycles. The van der Waals surface area contributed by atoms with Crippen molar-refractivity contribution in [1.29, 1.82) is 0 Å². The van der Waals surface area contributed by atoms with Gasteiger partial charge >= 0.3 is 0 Å². The van der Waals surface area contributed by atoms with E-state index in [1.807, 2.05) is 30.3 Å². The Morgan fingerprint density at radius 2 is 2.00 bits per heavy atom. The van der Waals surface area contributed by atoms with Gasteiger partial charge in [0.15, 0.2) is 0 Å². The molecule has 0 aliphatic heterocycles. The van der Waals surface area contributed by atoms with Gasteiger partial charge in [-0.25, -0.2) is 0 Å². The van der Waals surface area contributed by atoms with Gasteiger partial charge in [0.1, 0.15) is 0 Å². The molecule has 0 atom stereocenters. The number of hydrogen-bond donors (Lipinski definition) is 3. The number of aromatic nitrogens is 1. The van der Waals surface area contributed by atoms with E-state index in [-0.39, 0.29) is 0 Å². The number of para-hydroxylation sites is 1. The van der Waals surface area contributed by atoms with Crippen LogP contribution < -0.4 is 11.1 Å². The van der Waals surface area contributed by atoms with E-state index >= 15 is 0 Å². The van der Waals surface area contributed by atoms with Crippen LogP contribution in [0.2, 0.25) is 5.02 Å². The molecule has 0 radical (unpaired) electrons. The molecule has 21 heavy (non-hydrogen) atoms. The van der Waals surface area contributed by atoms with Crippen LogP contribution in [0.5, 0.6) is 0 Å². The first kappa shape index (κ1) is 13.5. The number of H-pyrrole nitrogens is 1. The molecule has 0 spiro atoms. The largest absolute Gasteiger partial charge is 0.379 e. The lowest BCUT2D eigenvalue weighted by atomic mass is 10.2. The molecular weight excluding hydrogens is 286 g/mol. The fourth-order valence-corrected chi connectivity index (χ4v) is 2.54. The Morgan fingerprint density at radius 1 is 1.19 bits per heavy atom. The predicted molar refractivity (Wildman–Crippen MR) is 85.6 cm³/mol. The molecule has 0 saturated heterocycles. The van der Waals surface area contributed by atoms with Gasteiger partial charge in [-0.2, -0.15) is 0 Å². The molecule has 106 valence electrons. The number of amides is 1. The average molecular weight is 300 g/mol. The summed E-state index contributed by atoms with van der Waals surface area (Å²) in [5.74, 6) is -0.442. The van der Waals surface area contributed by atoms with Crippen LogP contribution in [-0.2, 0) is 6.54 Å². The molecule has 5 heteroatoms.